The van der Waals surface area contributed by atoms with Crippen LogP contribution < -0.4 is 0 Å². The van der Waals surface area contributed by atoms with E-state index in [2.05, 4.69) is 9.97 Å². The number of rotatable bonds is 4. The van der Waals surface area contributed by atoms with E-state index >= 15 is 0 Å². The third-order valence-corrected chi connectivity index (χ3v) is 3.63. The number of hydrogen-bond donors (Lipinski definition) is 0. The average molecular weight is 222 g/mol. The Morgan fingerprint density at radius 1 is 1.47 bits per heavy atom. The van der Waals surface area contributed by atoms with Gasteiger partial charge >= 0.3 is 0 Å². The second kappa shape index (κ2) is 5.26. The van der Waals surface area contributed by atoms with Gasteiger partial charge in [0.2, 0.25) is 0 Å². The standard InChI is InChI=1S/C11H14N2OS/c14-10-3-1-2-9(10)4-7-15-11-8-12-5-6-13-11/h5-6,8-9H,1-4,7H2. The van der Waals surface area contributed by atoms with Gasteiger partial charge in [-0.2, -0.15) is 0 Å². The van der Waals surface area contributed by atoms with Crippen LogP contribution in [0.25, 0.3) is 0 Å². The third kappa shape index (κ3) is 3.02. The van der Waals surface area contributed by atoms with Gasteiger partial charge in [0, 0.05) is 30.5 Å². The van der Waals surface area contributed by atoms with Crippen LogP contribution in [0, 0.1) is 5.92 Å². The first-order chi connectivity index (χ1) is 7.36. The molecule has 3 nitrogen and oxygen atoms in total. The fraction of sp³-hybridized carbons (Fsp3) is 0.545. The Kier molecular flexibility index (Phi) is 3.72. The van der Waals surface area contributed by atoms with Gasteiger partial charge in [0.15, 0.2) is 0 Å². The van der Waals surface area contributed by atoms with Crippen LogP contribution in [0.5, 0.6) is 0 Å². The van der Waals surface area contributed by atoms with E-state index in [0.717, 1.165) is 36.5 Å². The number of nitrogens with zero attached hydrogens (tertiary/aromatic N) is 2. The molecule has 0 saturated heterocycles. The monoisotopic (exact) mass is 222 g/mol. The predicted molar refractivity (Wildman–Crippen MR) is 59.7 cm³/mol. The zero-order valence-corrected chi connectivity index (χ0v) is 9.37. The average Bonchev–Trinajstić information content (AvgIpc) is 2.66. The minimum atomic E-state index is 0.314. The molecule has 4 heteroatoms. The molecule has 0 amide bonds. The van der Waals surface area contributed by atoms with E-state index in [9.17, 15) is 4.79 Å². The summed E-state index contributed by atoms with van der Waals surface area (Å²) in [5, 5.41) is 0.947. The maximum atomic E-state index is 11.4. The van der Waals surface area contributed by atoms with Crippen molar-refractivity contribution in [2.75, 3.05) is 5.75 Å². The van der Waals surface area contributed by atoms with Crippen LogP contribution >= 0.6 is 11.8 Å². The summed E-state index contributed by atoms with van der Waals surface area (Å²) in [5.74, 6) is 1.73. The van der Waals surface area contributed by atoms with E-state index in [0.29, 0.717) is 11.7 Å². The summed E-state index contributed by atoms with van der Waals surface area (Å²) in [5.41, 5.74) is 0. The fourth-order valence-corrected chi connectivity index (χ4v) is 2.74. The van der Waals surface area contributed by atoms with Crippen molar-refractivity contribution in [2.24, 2.45) is 5.92 Å². The minimum Gasteiger partial charge on any atom is -0.299 e. The van der Waals surface area contributed by atoms with Crippen molar-refractivity contribution < 1.29 is 4.79 Å². The first kappa shape index (κ1) is 10.6. The van der Waals surface area contributed by atoms with Crippen molar-refractivity contribution in [2.45, 2.75) is 30.7 Å². The fourth-order valence-electron chi connectivity index (χ4n) is 1.86. The highest BCUT2D eigenvalue weighted by molar-refractivity contribution is 7.99. The molecule has 2 rings (SSSR count). The summed E-state index contributed by atoms with van der Waals surface area (Å²) in [6.07, 6.45) is 9.08. The van der Waals surface area contributed by atoms with Crippen LogP contribution in [0.1, 0.15) is 25.7 Å². The number of carbonyl (C=O) groups is 1. The van der Waals surface area contributed by atoms with Gasteiger partial charge in [-0.15, -0.1) is 11.8 Å². The molecule has 1 saturated carbocycles. The van der Waals surface area contributed by atoms with Crippen molar-refractivity contribution in [1.82, 2.24) is 9.97 Å². The van der Waals surface area contributed by atoms with Gasteiger partial charge in [-0.25, -0.2) is 4.98 Å². The van der Waals surface area contributed by atoms with Gasteiger partial charge in [0.05, 0.1) is 6.20 Å². The van der Waals surface area contributed by atoms with Crippen LogP contribution in [0.2, 0.25) is 0 Å². The van der Waals surface area contributed by atoms with E-state index < -0.39 is 0 Å². The van der Waals surface area contributed by atoms with E-state index in [1.54, 1.807) is 30.4 Å². The van der Waals surface area contributed by atoms with E-state index in [1.165, 1.54) is 0 Å². The summed E-state index contributed by atoms with van der Waals surface area (Å²) < 4.78 is 0. The molecule has 1 heterocycles. The van der Waals surface area contributed by atoms with Gasteiger partial charge in [-0.3, -0.25) is 9.78 Å². The Morgan fingerprint density at radius 3 is 3.07 bits per heavy atom. The molecule has 0 bridgehead atoms. The van der Waals surface area contributed by atoms with Gasteiger partial charge in [-0.1, -0.05) is 0 Å². The minimum absolute atomic E-state index is 0.314. The van der Waals surface area contributed by atoms with Crippen LogP contribution in [0.15, 0.2) is 23.6 Å². The summed E-state index contributed by atoms with van der Waals surface area (Å²) in [6, 6.07) is 0. The first-order valence-corrected chi connectivity index (χ1v) is 6.26. The maximum Gasteiger partial charge on any atom is 0.136 e. The van der Waals surface area contributed by atoms with Crippen LogP contribution in [0.4, 0.5) is 0 Å². The van der Waals surface area contributed by atoms with E-state index in [-0.39, 0.29) is 0 Å². The molecule has 1 atom stereocenters. The van der Waals surface area contributed by atoms with Crippen molar-refractivity contribution >= 4 is 17.5 Å². The molecule has 1 unspecified atom stereocenters. The zero-order chi connectivity index (χ0) is 10.5. The maximum absolute atomic E-state index is 11.4. The summed E-state index contributed by atoms with van der Waals surface area (Å²) in [7, 11) is 0. The van der Waals surface area contributed by atoms with Crippen LogP contribution in [-0.4, -0.2) is 21.5 Å². The van der Waals surface area contributed by atoms with Gasteiger partial charge in [0.1, 0.15) is 10.8 Å². The number of thioether (sulfide) groups is 1. The number of carbonyl (C=O) groups excluding carboxylic acids is 1. The highest BCUT2D eigenvalue weighted by atomic mass is 32.2. The molecule has 0 aliphatic heterocycles. The lowest BCUT2D eigenvalue weighted by atomic mass is 10.1. The molecule has 1 aliphatic rings. The quantitative estimate of drug-likeness (QED) is 0.733. The third-order valence-electron chi connectivity index (χ3n) is 2.69. The Balaban J connectivity index is 1.73. The molecule has 0 N–H and O–H groups in total. The molecule has 1 aliphatic carbocycles. The molecule has 80 valence electrons. The summed E-state index contributed by atoms with van der Waals surface area (Å²) in [4.78, 5) is 19.6. The van der Waals surface area contributed by atoms with Crippen molar-refractivity contribution in [3.8, 4) is 0 Å². The lowest BCUT2D eigenvalue weighted by Gasteiger charge is -2.06. The molecule has 1 aromatic heterocycles. The van der Waals surface area contributed by atoms with E-state index in [1.807, 2.05) is 0 Å². The number of aromatic nitrogens is 2. The molecule has 0 radical (unpaired) electrons. The highest BCUT2D eigenvalue weighted by Gasteiger charge is 2.23. The predicted octanol–water partition coefficient (Wildman–Crippen LogP) is 2.33. The molecular weight excluding hydrogens is 208 g/mol. The Morgan fingerprint density at radius 2 is 2.40 bits per heavy atom. The molecule has 0 aromatic carbocycles. The Hall–Kier alpha value is -0.900. The molecule has 1 fully saturated rings. The highest BCUT2D eigenvalue weighted by Crippen LogP contribution is 2.26. The topological polar surface area (TPSA) is 42.9 Å². The van der Waals surface area contributed by atoms with Gasteiger partial charge in [0.25, 0.3) is 0 Å². The van der Waals surface area contributed by atoms with E-state index in [4.69, 9.17) is 0 Å². The zero-order valence-electron chi connectivity index (χ0n) is 8.56. The molecule has 1 aromatic rings. The molecule has 15 heavy (non-hydrogen) atoms. The number of hydrogen-bond acceptors (Lipinski definition) is 4. The van der Waals surface area contributed by atoms with Gasteiger partial charge < -0.3 is 0 Å². The second-order valence-electron chi connectivity index (χ2n) is 3.74. The first-order valence-electron chi connectivity index (χ1n) is 5.28. The summed E-state index contributed by atoms with van der Waals surface area (Å²) in [6.45, 7) is 0. The second-order valence-corrected chi connectivity index (χ2v) is 4.85. The Labute approximate surface area is 93.7 Å². The Bertz CT molecular complexity index is 329. The summed E-state index contributed by atoms with van der Waals surface area (Å²) >= 11 is 1.68. The number of Topliss-reactive ketones (excluding diaryl/α,β-unsaturated/α-hetero) is 1. The molecular formula is C11H14N2OS. The van der Waals surface area contributed by atoms with Crippen LogP contribution in [-0.2, 0) is 4.79 Å². The smallest absolute Gasteiger partial charge is 0.136 e. The number of ketones is 1. The van der Waals surface area contributed by atoms with Crippen molar-refractivity contribution in [3.63, 3.8) is 0 Å². The lowest BCUT2D eigenvalue weighted by Crippen LogP contribution is -2.06. The van der Waals surface area contributed by atoms with Crippen molar-refractivity contribution in [1.29, 1.82) is 0 Å². The lowest BCUT2D eigenvalue weighted by molar-refractivity contribution is -0.120. The van der Waals surface area contributed by atoms with Gasteiger partial charge in [-0.05, 0) is 19.3 Å². The SMILES string of the molecule is O=C1CCCC1CCSc1cnccn1. The van der Waals surface area contributed by atoms with Crippen LogP contribution in [0.3, 0.4) is 0 Å². The largest absolute Gasteiger partial charge is 0.299 e. The molecule has 0 spiro atoms. The normalized spacial score (nSPS) is 20.8. The van der Waals surface area contributed by atoms with Crippen molar-refractivity contribution in [3.05, 3.63) is 18.6 Å².